The zero-order valence-electron chi connectivity index (χ0n) is 11.4. The second kappa shape index (κ2) is 6.99. The zero-order chi connectivity index (χ0) is 15.2. The summed E-state index contributed by atoms with van der Waals surface area (Å²) in [6.07, 6.45) is 0. The van der Waals surface area contributed by atoms with Gasteiger partial charge in [-0.25, -0.2) is 0 Å². The van der Waals surface area contributed by atoms with Crippen molar-refractivity contribution in [2.75, 3.05) is 7.11 Å². The van der Waals surface area contributed by atoms with Crippen molar-refractivity contribution in [1.29, 1.82) is 0 Å². The van der Waals surface area contributed by atoms with Gasteiger partial charge in [-0.15, -0.1) is 0 Å². The van der Waals surface area contributed by atoms with Gasteiger partial charge >= 0.3 is 0 Å². The van der Waals surface area contributed by atoms with Crippen molar-refractivity contribution >= 4 is 21.8 Å². The number of oxime groups is 1. The molecule has 0 spiro atoms. The summed E-state index contributed by atoms with van der Waals surface area (Å²) in [7, 11) is 1.62. The molecule has 0 fully saturated rings. The van der Waals surface area contributed by atoms with Gasteiger partial charge in [-0.1, -0.05) is 21.1 Å². The second-order valence-electron chi connectivity index (χ2n) is 4.25. The van der Waals surface area contributed by atoms with Gasteiger partial charge in [0.2, 0.25) is 0 Å². The molecule has 0 atom stereocenters. The number of hydrogen-bond donors (Lipinski definition) is 2. The van der Waals surface area contributed by atoms with Crippen LogP contribution >= 0.6 is 15.9 Å². The minimum Gasteiger partial charge on any atom is -0.496 e. The molecule has 0 saturated carbocycles. The van der Waals surface area contributed by atoms with Crippen molar-refractivity contribution in [1.82, 2.24) is 0 Å². The molecule has 0 radical (unpaired) electrons. The molecule has 110 valence electrons. The Hall–Kier alpha value is -2.21. The molecule has 0 amide bonds. The third-order valence-electron chi connectivity index (χ3n) is 2.89. The highest BCUT2D eigenvalue weighted by molar-refractivity contribution is 9.10. The summed E-state index contributed by atoms with van der Waals surface area (Å²) in [5, 5.41) is 11.6. The van der Waals surface area contributed by atoms with Crippen LogP contribution in [0.1, 0.15) is 11.1 Å². The molecule has 2 aromatic carbocycles. The maximum absolute atomic E-state index is 8.61. The van der Waals surface area contributed by atoms with E-state index in [1.807, 2.05) is 18.2 Å². The molecule has 0 aliphatic rings. The van der Waals surface area contributed by atoms with Gasteiger partial charge in [-0.2, -0.15) is 0 Å². The number of nitrogens with two attached hydrogens (primary N) is 1. The summed E-state index contributed by atoms with van der Waals surface area (Å²) < 4.78 is 12.0. The van der Waals surface area contributed by atoms with E-state index in [0.717, 1.165) is 15.8 Å². The smallest absolute Gasteiger partial charge is 0.170 e. The van der Waals surface area contributed by atoms with Gasteiger partial charge < -0.3 is 20.4 Å². The molecule has 0 bridgehead atoms. The Balaban J connectivity index is 2.08. The molecule has 0 aromatic heterocycles. The molecule has 0 saturated heterocycles. The van der Waals surface area contributed by atoms with E-state index in [-0.39, 0.29) is 5.84 Å². The lowest BCUT2D eigenvalue weighted by molar-refractivity contribution is 0.296. The standard InChI is InChI=1S/C15H15BrN2O3/c1-20-14-7-4-12(16)8-11(14)9-21-13-5-2-10(3-6-13)15(17)18-19/h2-8,19H,9H2,1H3,(H2,17,18). The van der Waals surface area contributed by atoms with Gasteiger partial charge in [-0.3, -0.25) is 0 Å². The number of ether oxygens (including phenoxy) is 2. The van der Waals surface area contributed by atoms with Gasteiger partial charge in [-0.05, 0) is 42.5 Å². The highest BCUT2D eigenvalue weighted by Crippen LogP contribution is 2.24. The normalized spacial score (nSPS) is 11.2. The molecule has 0 unspecified atom stereocenters. The van der Waals surface area contributed by atoms with Crippen molar-refractivity contribution in [3.05, 3.63) is 58.1 Å². The number of halogens is 1. The van der Waals surface area contributed by atoms with Crippen LogP contribution in [-0.4, -0.2) is 18.2 Å². The Morgan fingerprint density at radius 3 is 2.57 bits per heavy atom. The molecule has 5 nitrogen and oxygen atoms in total. The summed E-state index contributed by atoms with van der Waals surface area (Å²) >= 11 is 3.42. The summed E-state index contributed by atoms with van der Waals surface area (Å²) in [6.45, 7) is 0.380. The van der Waals surface area contributed by atoms with Crippen LogP contribution in [0.5, 0.6) is 11.5 Å². The van der Waals surface area contributed by atoms with E-state index >= 15 is 0 Å². The SMILES string of the molecule is COc1ccc(Br)cc1COc1ccc(C(N)=NO)cc1. The largest absolute Gasteiger partial charge is 0.496 e. The first-order valence-electron chi connectivity index (χ1n) is 6.17. The molecule has 0 heterocycles. The lowest BCUT2D eigenvalue weighted by atomic mass is 10.2. The highest BCUT2D eigenvalue weighted by Gasteiger charge is 2.05. The lowest BCUT2D eigenvalue weighted by Gasteiger charge is -2.11. The van der Waals surface area contributed by atoms with Crippen molar-refractivity contribution in [3.8, 4) is 11.5 Å². The average molecular weight is 351 g/mol. The van der Waals surface area contributed by atoms with Gasteiger partial charge in [0.25, 0.3) is 0 Å². The van der Waals surface area contributed by atoms with Crippen molar-refractivity contribution in [3.63, 3.8) is 0 Å². The van der Waals surface area contributed by atoms with Crippen LogP contribution in [0.4, 0.5) is 0 Å². The maximum atomic E-state index is 8.61. The summed E-state index contributed by atoms with van der Waals surface area (Å²) in [4.78, 5) is 0. The minimum absolute atomic E-state index is 0.0650. The number of hydrogen-bond acceptors (Lipinski definition) is 4. The number of amidine groups is 1. The third kappa shape index (κ3) is 3.88. The van der Waals surface area contributed by atoms with Crippen LogP contribution in [0, 0.1) is 0 Å². The third-order valence-corrected chi connectivity index (χ3v) is 3.39. The molecule has 3 N–H and O–H groups in total. The summed E-state index contributed by atoms with van der Waals surface area (Å²) in [5.41, 5.74) is 7.07. The average Bonchev–Trinajstić information content (AvgIpc) is 2.52. The summed E-state index contributed by atoms with van der Waals surface area (Å²) in [5.74, 6) is 1.52. The fraction of sp³-hybridized carbons (Fsp3) is 0.133. The Morgan fingerprint density at radius 1 is 1.24 bits per heavy atom. The first kappa shape index (κ1) is 15.2. The van der Waals surface area contributed by atoms with Crippen LogP contribution < -0.4 is 15.2 Å². The van der Waals surface area contributed by atoms with E-state index in [1.165, 1.54) is 0 Å². The topological polar surface area (TPSA) is 77.1 Å². The van der Waals surface area contributed by atoms with Crippen LogP contribution in [0.25, 0.3) is 0 Å². The van der Waals surface area contributed by atoms with Crippen molar-refractivity contribution in [2.45, 2.75) is 6.61 Å². The molecule has 2 rings (SSSR count). The zero-order valence-corrected chi connectivity index (χ0v) is 13.0. The first-order valence-corrected chi connectivity index (χ1v) is 6.96. The maximum Gasteiger partial charge on any atom is 0.170 e. The fourth-order valence-electron chi connectivity index (χ4n) is 1.80. The predicted molar refractivity (Wildman–Crippen MR) is 84.0 cm³/mol. The number of methoxy groups -OCH3 is 1. The van der Waals surface area contributed by atoms with Gasteiger partial charge in [0.1, 0.15) is 18.1 Å². The Labute approximate surface area is 131 Å². The van der Waals surface area contributed by atoms with E-state index in [2.05, 4.69) is 21.1 Å². The second-order valence-corrected chi connectivity index (χ2v) is 5.17. The highest BCUT2D eigenvalue weighted by atomic mass is 79.9. The molecular weight excluding hydrogens is 336 g/mol. The molecule has 2 aromatic rings. The van der Waals surface area contributed by atoms with Crippen LogP contribution in [0.2, 0.25) is 0 Å². The van der Waals surface area contributed by atoms with E-state index < -0.39 is 0 Å². The quantitative estimate of drug-likeness (QED) is 0.376. The molecule has 21 heavy (non-hydrogen) atoms. The van der Waals surface area contributed by atoms with Gasteiger partial charge in [0.05, 0.1) is 7.11 Å². The molecule has 0 aliphatic carbocycles. The van der Waals surface area contributed by atoms with Crippen LogP contribution in [0.3, 0.4) is 0 Å². The van der Waals surface area contributed by atoms with Crippen LogP contribution in [-0.2, 0) is 6.61 Å². The Morgan fingerprint density at radius 2 is 1.95 bits per heavy atom. The van der Waals surface area contributed by atoms with Gasteiger partial charge in [0.15, 0.2) is 5.84 Å². The first-order chi connectivity index (χ1) is 10.1. The van der Waals surface area contributed by atoms with Crippen LogP contribution in [0.15, 0.2) is 52.1 Å². The van der Waals surface area contributed by atoms with E-state index in [9.17, 15) is 0 Å². The fourth-order valence-corrected chi connectivity index (χ4v) is 2.21. The number of rotatable bonds is 5. The van der Waals surface area contributed by atoms with E-state index in [0.29, 0.717) is 17.9 Å². The molecular formula is C15H15BrN2O3. The number of benzene rings is 2. The summed E-state index contributed by atoms with van der Waals surface area (Å²) in [6, 6.07) is 12.7. The van der Waals surface area contributed by atoms with Crippen molar-refractivity contribution < 1.29 is 14.7 Å². The van der Waals surface area contributed by atoms with Gasteiger partial charge in [0, 0.05) is 15.6 Å². The minimum atomic E-state index is 0.0650. The predicted octanol–water partition coefficient (Wildman–Crippen LogP) is 3.13. The monoisotopic (exact) mass is 350 g/mol. The van der Waals surface area contributed by atoms with E-state index in [1.54, 1.807) is 31.4 Å². The molecule has 6 heteroatoms. The Kier molecular flexibility index (Phi) is 5.05. The van der Waals surface area contributed by atoms with Crippen molar-refractivity contribution in [2.24, 2.45) is 10.9 Å². The number of nitrogens with zero attached hydrogens (tertiary/aromatic N) is 1. The Bertz CT molecular complexity index is 642. The molecule has 0 aliphatic heterocycles. The lowest BCUT2D eigenvalue weighted by Crippen LogP contribution is -2.12. The van der Waals surface area contributed by atoms with E-state index in [4.69, 9.17) is 20.4 Å².